The molecule has 0 bridgehead atoms. The second-order valence-electron chi connectivity index (χ2n) is 5.43. The molecule has 0 radical (unpaired) electrons. The summed E-state index contributed by atoms with van der Waals surface area (Å²) in [5.74, 6) is -0.167. The van der Waals surface area contributed by atoms with E-state index in [1.807, 2.05) is 13.0 Å². The van der Waals surface area contributed by atoms with Crippen molar-refractivity contribution in [2.45, 2.75) is 11.9 Å². The Morgan fingerprint density at radius 3 is 2.92 bits per heavy atom. The van der Waals surface area contributed by atoms with Gasteiger partial charge in [0, 0.05) is 24.0 Å². The van der Waals surface area contributed by atoms with Gasteiger partial charge in [0.05, 0.1) is 5.75 Å². The third kappa shape index (κ3) is 3.83. The van der Waals surface area contributed by atoms with E-state index in [1.165, 1.54) is 4.57 Å². The fourth-order valence-corrected chi connectivity index (χ4v) is 3.17. The summed E-state index contributed by atoms with van der Waals surface area (Å²) in [6.45, 7) is 1.89. The van der Waals surface area contributed by atoms with Crippen molar-refractivity contribution in [3.63, 3.8) is 0 Å². The Labute approximate surface area is 153 Å². The van der Waals surface area contributed by atoms with Gasteiger partial charge in [-0.25, -0.2) is 9.97 Å². The van der Waals surface area contributed by atoms with E-state index < -0.39 is 0 Å². The summed E-state index contributed by atoms with van der Waals surface area (Å²) in [5.41, 5.74) is 2.40. The number of benzene rings is 1. The van der Waals surface area contributed by atoms with Crippen LogP contribution in [0.1, 0.15) is 5.56 Å². The van der Waals surface area contributed by atoms with Crippen molar-refractivity contribution in [3.8, 4) is 0 Å². The normalized spacial score (nSPS) is 10.8. The van der Waals surface area contributed by atoms with Crippen LogP contribution < -0.4 is 10.9 Å². The van der Waals surface area contributed by atoms with Crippen molar-refractivity contribution < 1.29 is 4.79 Å². The van der Waals surface area contributed by atoms with E-state index in [9.17, 15) is 9.59 Å². The van der Waals surface area contributed by atoms with Gasteiger partial charge in [-0.2, -0.15) is 0 Å². The summed E-state index contributed by atoms with van der Waals surface area (Å²) in [6, 6.07) is 8.84. The standard InChI is InChI=1S/C17H15ClN4O2S/c1-10-5-6-11(8-12(10)18)20-14(23)9-25-16-17(24)22(2)15-13(21-16)4-3-7-19-15/h3-8H,9H2,1-2H3,(H,20,23). The number of thioether (sulfide) groups is 1. The molecule has 0 atom stereocenters. The van der Waals surface area contributed by atoms with Crippen LogP contribution in [0.4, 0.5) is 5.69 Å². The molecular weight excluding hydrogens is 360 g/mol. The van der Waals surface area contributed by atoms with Gasteiger partial charge in [0.25, 0.3) is 5.56 Å². The van der Waals surface area contributed by atoms with E-state index in [1.54, 1.807) is 37.5 Å². The van der Waals surface area contributed by atoms with E-state index in [0.717, 1.165) is 17.3 Å². The Bertz CT molecular complexity index is 1020. The van der Waals surface area contributed by atoms with E-state index in [0.29, 0.717) is 21.9 Å². The number of hydrogen-bond acceptors (Lipinski definition) is 5. The predicted molar refractivity (Wildman–Crippen MR) is 100 cm³/mol. The average molecular weight is 375 g/mol. The van der Waals surface area contributed by atoms with E-state index in [4.69, 9.17) is 11.6 Å². The number of aromatic nitrogens is 3. The van der Waals surface area contributed by atoms with Crippen molar-refractivity contribution >= 4 is 46.1 Å². The predicted octanol–water partition coefficient (Wildman–Crippen LogP) is 3.02. The summed E-state index contributed by atoms with van der Waals surface area (Å²) >= 11 is 7.14. The van der Waals surface area contributed by atoms with Crippen LogP contribution in [0.15, 0.2) is 46.3 Å². The van der Waals surface area contributed by atoms with E-state index >= 15 is 0 Å². The van der Waals surface area contributed by atoms with Crippen molar-refractivity contribution in [1.29, 1.82) is 0 Å². The maximum atomic E-state index is 12.3. The van der Waals surface area contributed by atoms with Gasteiger partial charge in [-0.05, 0) is 36.8 Å². The van der Waals surface area contributed by atoms with Crippen LogP contribution >= 0.6 is 23.4 Å². The lowest BCUT2D eigenvalue weighted by Gasteiger charge is -2.08. The molecule has 0 aliphatic rings. The van der Waals surface area contributed by atoms with Crippen molar-refractivity contribution in [1.82, 2.24) is 14.5 Å². The van der Waals surface area contributed by atoms with Gasteiger partial charge in [-0.3, -0.25) is 14.2 Å². The highest BCUT2D eigenvalue weighted by atomic mass is 35.5. The van der Waals surface area contributed by atoms with E-state index in [-0.39, 0.29) is 22.2 Å². The molecule has 25 heavy (non-hydrogen) atoms. The van der Waals surface area contributed by atoms with Crippen LogP contribution in [0.25, 0.3) is 11.2 Å². The number of nitrogens with one attached hydrogen (secondary N) is 1. The van der Waals surface area contributed by atoms with Crippen LogP contribution in [0.3, 0.4) is 0 Å². The summed E-state index contributed by atoms with van der Waals surface area (Å²) < 4.78 is 1.43. The lowest BCUT2D eigenvalue weighted by molar-refractivity contribution is -0.113. The van der Waals surface area contributed by atoms with Crippen molar-refractivity contribution in [3.05, 3.63) is 57.5 Å². The first-order valence-corrected chi connectivity index (χ1v) is 8.82. The Morgan fingerprint density at radius 2 is 2.16 bits per heavy atom. The molecule has 1 aromatic carbocycles. The Kier molecular flexibility index (Phi) is 5.06. The molecule has 3 aromatic rings. The van der Waals surface area contributed by atoms with Gasteiger partial charge >= 0.3 is 0 Å². The fraction of sp³-hybridized carbons (Fsp3) is 0.176. The smallest absolute Gasteiger partial charge is 0.284 e. The second kappa shape index (κ2) is 7.25. The molecule has 128 valence electrons. The Morgan fingerprint density at radius 1 is 1.36 bits per heavy atom. The number of carbonyl (C=O) groups excluding carboxylic acids is 1. The Hall–Kier alpha value is -2.38. The molecule has 0 saturated heterocycles. The zero-order valence-corrected chi connectivity index (χ0v) is 15.2. The number of aryl methyl sites for hydroxylation is 2. The number of hydrogen-bond donors (Lipinski definition) is 1. The minimum absolute atomic E-state index is 0.0690. The zero-order chi connectivity index (χ0) is 18.0. The number of fused-ring (bicyclic) bond motifs is 1. The fourth-order valence-electron chi connectivity index (χ4n) is 2.23. The largest absolute Gasteiger partial charge is 0.325 e. The molecule has 0 aliphatic carbocycles. The highest BCUT2D eigenvalue weighted by molar-refractivity contribution is 7.99. The first-order chi connectivity index (χ1) is 12.0. The molecular formula is C17H15ClN4O2S. The maximum absolute atomic E-state index is 12.3. The molecule has 2 aromatic heterocycles. The number of anilines is 1. The highest BCUT2D eigenvalue weighted by Gasteiger charge is 2.12. The number of carbonyl (C=O) groups is 1. The molecule has 0 fully saturated rings. The molecule has 0 aliphatic heterocycles. The van der Waals surface area contributed by atoms with Crippen LogP contribution in [0, 0.1) is 6.92 Å². The minimum atomic E-state index is -0.276. The quantitative estimate of drug-likeness (QED) is 0.710. The minimum Gasteiger partial charge on any atom is -0.325 e. The van der Waals surface area contributed by atoms with Crippen LogP contribution in [0.5, 0.6) is 0 Å². The molecule has 8 heteroatoms. The van der Waals surface area contributed by atoms with Gasteiger partial charge in [0.15, 0.2) is 10.7 Å². The summed E-state index contributed by atoms with van der Waals surface area (Å²) in [5, 5.41) is 3.61. The average Bonchev–Trinajstić information content (AvgIpc) is 2.60. The van der Waals surface area contributed by atoms with Gasteiger partial charge in [0.2, 0.25) is 5.91 Å². The molecule has 6 nitrogen and oxygen atoms in total. The second-order valence-corrected chi connectivity index (χ2v) is 6.80. The Balaban J connectivity index is 1.74. The van der Waals surface area contributed by atoms with Crippen LogP contribution in [-0.4, -0.2) is 26.2 Å². The third-order valence-electron chi connectivity index (χ3n) is 3.59. The number of pyridine rings is 1. The first kappa shape index (κ1) is 17.4. The maximum Gasteiger partial charge on any atom is 0.284 e. The molecule has 3 rings (SSSR count). The lowest BCUT2D eigenvalue weighted by atomic mass is 10.2. The van der Waals surface area contributed by atoms with E-state index in [2.05, 4.69) is 15.3 Å². The van der Waals surface area contributed by atoms with Gasteiger partial charge in [-0.1, -0.05) is 29.4 Å². The first-order valence-electron chi connectivity index (χ1n) is 7.46. The summed E-state index contributed by atoms with van der Waals surface area (Å²) in [6.07, 6.45) is 1.61. The molecule has 0 unspecified atom stereocenters. The van der Waals surface area contributed by atoms with Crippen LogP contribution in [-0.2, 0) is 11.8 Å². The topological polar surface area (TPSA) is 76.9 Å². The molecule has 0 spiro atoms. The molecule has 0 saturated carbocycles. The number of rotatable bonds is 4. The zero-order valence-electron chi connectivity index (χ0n) is 13.6. The lowest BCUT2D eigenvalue weighted by Crippen LogP contribution is -2.22. The van der Waals surface area contributed by atoms with Gasteiger partial charge in [-0.15, -0.1) is 0 Å². The van der Waals surface area contributed by atoms with Gasteiger partial charge in [0.1, 0.15) is 5.52 Å². The van der Waals surface area contributed by atoms with Crippen LogP contribution in [0.2, 0.25) is 5.02 Å². The monoisotopic (exact) mass is 374 g/mol. The summed E-state index contributed by atoms with van der Waals surface area (Å²) in [7, 11) is 1.64. The number of nitrogens with zero attached hydrogens (tertiary/aromatic N) is 3. The SMILES string of the molecule is Cc1ccc(NC(=O)CSc2nc3cccnc3n(C)c2=O)cc1Cl. The van der Waals surface area contributed by atoms with Crippen molar-refractivity contribution in [2.24, 2.45) is 7.05 Å². The third-order valence-corrected chi connectivity index (χ3v) is 4.94. The summed E-state index contributed by atoms with van der Waals surface area (Å²) in [4.78, 5) is 32.9. The van der Waals surface area contributed by atoms with Gasteiger partial charge < -0.3 is 5.32 Å². The van der Waals surface area contributed by atoms with Crippen molar-refractivity contribution in [2.75, 3.05) is 11.1 Å². The number of amides is 1. The molecule has 2 heterocycles. The molecule has 1 amide bonds. The number of halogens is 1. The highest BCUT2D eigenvalue weighted by Crippen LogP contribution is 2.20. The molecule has 1 N–H and O–H groups in total.